The Morgan fingerprint density at radius 3 is 3.00 bits per heavy atom. The molecule has 29 heavy (non-hydrogen) atoms. The molecule has 4 heterocycles. The number of imidazole rings is 1. The zero-order chi connectivity index (χ0) is 20.1. The lowest BCUT2D eigenvalue weighted by Gasteiger charge is -2.33. The number of hydrogen-bond donors (Lipinski definition) is 1. The van der Waals surface area contributed by atoms with Gasteiger partial charge in [0.25, 0.3) is 0 Å². The molecule has 5 rings (SSSR count). The van der Waals surface area contributed by atoms with Gasteiger partial charge in [0, 0.05) is 61.8 Å². The van der Waals surface area contributed by atoms with Crippen molar-refractivity contribution in [3.8, 4) is 0 Å². The Bertz CT molecular complexity index is 1240. The van der Waals surface area contributed by atoms with Crippen LogP contribution in [0.15, 0.2) is 42.9 Å². The first-order chi connectivity index (χ1) is 14.0. The number of hydrogen-bond acceptors (Lipinski definition) is 5. The Morgan fingerprint density at radius 1 is 1.31 bits per heavy atom. The van der Waals surface area contributed by atoms with Crippen LogP contribution in [-0.2, 0) is 7.05 Å². The van der Waals surface area contributed by atoms with Crippen LogP contribution in [-0.4, -0.2) is 50.6 Å². The molecule has 0 unspecified atom stereocenters. The highest BCUT2D eigenvalue weighted by Crippen LogP contribution is 2.23. The lowest BCUT2D eigenvalue weighted by Crippen LogP contribution is -2.49. The normalized spacial score (nSPS) is 17.3. The molecule has 0 bridgehead atoms. The first-order valence-electron chi connectivity index (χ1n) is 9.62. The van der Waals surface area contributed by atoms with Crippen molar-refractivity contribution in [2.75, 3.05) is 24.5 Å². The third-order valence-corrected chi connectivity index (χ3v) is 5.39. The molecule has 1 aliphatic rings. The molecule has 0 aliphatic carbocycles. The number of ketones is 1. The molecule has 0 spiro atoms. The lowest BCUT2D eigenvalue weighted by molar-refractivity contribution is 0.102. The van der Waals surface area contributed by atoms with Gasteiger partial charge in [-0.05, 0) is 31.2 Å². The largest absolute Gasteiger partial charge is 0.369 e. The summed E-state index contributed by atoms with van der Waals surface area (Å²) in [4.78, 5) is 19.7. The van der Waals surface area contributed by atoms with Crippen LogP contribution < -0.4 is 10.2 Å². The highest BCUT2D eigenvalue weighted by molar-refractivity contribution is 6.09. The smallest absolute Gasteiger partial charge is 0.228 e. The number of aryl methyl sites for hydroxylation is 1. The molecular weight excluding hydrogens is 371 g/mol. The molecule has 1 N–H and O–H groups in total. The Hall–Kier alpha value is -3.26. The van der Waals surface area contributed by atoms with Gasteiger partial charge in [-0.3, -0.25) is 13.9 Å². The number of piperazine rings is 1. The van der Waals surface area contributed by atoms with Gasteiger partial charge >= 0.3 is 0 Å². The minimum absolute atomic E-state index is 0.256. The van der Waals surface area contributed by atoms with Gasteiger partial charge in [0.05, 0.1) is 11.7 Å². The number of nitrogens with one attached hydrogen (secondary N) is 1. The topological polar surface area (TPSA) is 67.5 Å². The number of pyridine rings is 1. The number of nitrogens with zero attached hydrogens (tertiary/aromatic N) is 5. The van der Waals surface area contributed by atoms with Crippen LogP contribution in [0.2, 0.25) is 0 Å². The molecule has 0 radical (unpaired) electrons. The van der Waals surface area contributed by atoms with Gasteiger partial charge in [-0.25, -0.2) is 9.37 Å². The van der Waals surface area contributed by atoms with Crippen LogP contribution >= 0.6 is 0 Å². The molecule has 1 atom stereocenters. The predicted octanol–water partition coefficient (Wildman–Crippen LogP) is 2.39. The quantitative estimate of drug-likeness (QED) is 0.543. The molecule has 0 amide bonds. The molecular formula is C21H21FN6O. The molecule has 0 saturated carbocycles. The Labute approximate surface area is 166 Å². The van der Waals surface area contributed by atoms with Crippen LogP contribution in [0.4, 0.5) is 10.1 Å². The van der Waals surface area contributed by atoms with E-state index in [1.54, 1.807) is 29.9 Å². The summed E-state index contributed by atoms with van der Waals surface area (Å²) >= 11 is 0. The van der Waals surface area contributed by atoms with Crippen LogP contribution in [0.1, 0.15) is 23.1 Å². The Kier molecular flexibility index (Phi) is 4.09. The predicted molar refractivity (Wildman–Crippen MR) is 109 cm³/mol. The fourth-order valence-corrected chi connectivity index (χ4v) is 3.99. The summed E-state index contributed by atoms with van der Waals surface area (Å²) in [6.07, 6.45) is 5.23. The first kappa shape index (κ1) is 17.8. The SMILES string of the molecule is C[C@@H]1CN(c2ccn3c(C(=O)c4cc(F)c5nn(C)cc5c4)ncc3c2)CCN1. The number of carbonyl (C=O) groups excluding carboxylic acids is 1. The summed E-state index contributed by atoms with van der Waals surface area (Å²) in [5, 5.41) is 8.11. The highest BCUT2D eigenvalue weighted by Gasteiger charge is 2.20. The van der Waals surface area contributed by atoms with Gasteiger partial charge in [-0.2, -0.15) is 5.10 Å². The zero-order valence-electron chi connectivity index (χ0n) is 16.3. The lowest BCUT2D eigenvalue weighted by atomic mass is 10.1. The van der Waals surface area contributed by atoms with Crippen LogP contribution in [0.25, 0.3) is 16.4 Å². The van der Waals surface area contributed by atoms with E-state index in [4.69, 9.17) is 0 Å². The van der Waals surface area contributed by atoms with Gasteiger partial charge in [-0.15, -0.1) is 0 Å². The maximum atomic E-state index is 14.4. The van der Waals surface area contributed by atoms with E-state index in [1.807, 2.05) is 18.3 Å². The van der Waals surface area contributed by atoms with Gasteiger partial charge < -0.3 is 10.2 Å². The van der Waals surface area contributed by atoms with Gasteiger partial charge in [0.2, 0.25) is 5.78 Å². The third-order valence-electron chi connectivity index (χ3n) is 5.39. The van der Waals surface area contributed by atoms with Gasteiger partial charge in [0.15, 0.2) is 11.6 Å². The highest BCUT2D eigenvalue weighted by atomic mass is 19.1. The van der Waals surface area contributed by atoms with E-state index in [9.17, 15) is 9.18 Å². The second kappa shape index (κ2) is 6.66. The summed E-state index contributed by atoms with van der Waals surface area (Å²) in [6.45, 7) is 4.97. The molecule has 148 valence electrons. The van der Waals surface area contributed by atoms with E-state index in [2.05, 4.69) is 27.2 Å². The minimum Gasteiger partial charge on any atom is -0.369 e. The summed E-state index contributed by atoms with van der Waals surface area (Å²) < 4.78 is 17.7. The first-order valence-corrected chi connectivity index (χ1v) is 9.62. The molecule has 1 saturated heterocycles. The number of carbonyl (C=O) groups is 1. The van der Waals surface area contributed by atoms with Crippen molar-refractivity contribution in [2.45, 2.75) is 13.0 Å². The molecule has 4 aromatic rings. The third kappa shape index (κ3) is 3.05. The monoisotopic (exact) mass is 392 g/mol. The fourth-order valence-electron chi connectivity index (χ4n) is 3.99. The number of rotatable bonds is 3. The van der Waals surface area contributed by atoms with Crippen molar-refractivity contribution in [3.63, 3.8) is 0 Å². The van der Waals surface area contributed by atoms with Gasteiger partial charge in [0.1, 0.15) is 5.52 Å². The van der Waals surface area contributed by atoms with E-state index in [0.717, 1.165) is 30.8 Å². The van der Waals surface area contributed by atoms with Crippen molar-refractivity contribution < 1.29 is 9.18 Å². The molecule has 8 heteroatoms. The Morgan fingerprint density at radius 2 is 2.17 bits per heavy atom. The van der Waals surface area contributed by atoms with Crippen LogP contribution in [0.3, 0.4) is 0 Å². The van der Waals surface area contributed by atoms with Crippen LogP contribution in [0.5, 0.6) is 0 Å². The molecule has 1 aromatic carbocycles. The van der Waals surface area contributed by atoms with E-state index in [-0.39, 0.29) is 22.7 Å². The van der Waals surface area contributed by atoms with Crippen molar-refractivity contribution >= 4 is 27.9 Å². The van der Waals surface area contributed by atoms with E-state index in [1.165, 1.54) is 10.7 Å². The molecule has 1 fully saturated rings. The summed E-state index contributed by atoms with van der Waals surface area (Å²) in [7, 11) is 1.72. The summed E-state index contributed by atoms with van der Waals surface area (Å²) in [6, 6.07) is 7.35. The minimum atomic E-state index is -0.512. The average molecular weight is 392 g/mol. The van der Waals surface area contributed by atoms with E-state index in [0.29, 0.717) is 11.4 Å². The zero-order valence-corrected chi connectivity index (χ0v) is 16.3. The molecule has 7 nitrogen and oxygen atoms in total. The average Bonchev–Trinajstić information content (AvgIpc) is 3.30. The Balaban J connectivity index is 1.51. The number of anilines is 1. The molecule has 1 aliphatic heterocycles. The maximum absolute atomic E-state index is 14.4. The van der Waals surface area contributed by atoms with Crippen molar-refractivity contribution in [1.29, 1.82) is 0 Å². The van der Waals surface area contributed by atoms with Crippen molar-refractivity contribution in [2.24, 2.45) is 7.05 Å². The standard InChI is InChI=1S/C21H21FN6O/c1-13-11-27(6-4-23-13)16-3-5-28-17(9-16)10-24-21(28)20(29)14-7-15-12-26(2)25-19(15)18(22)8-14/h3,5,7-10,12-13,23H,4,6,11H2,1-2H3/t13-/m1/s1. The number of benzene rings is 1. The number of halogens is 1. The van der Waals surface area contributed by atoms with E-state index >= 15 is 0 Å². The second-order valence-corrected chi connectivity index (χ2v) is 7.59. The van der Waals surface area contributed by atoms with Gasteiger partial charge in [-0.1, -0.05) is 0 Å². The van der Waals surface area contributed by atoms with Crippen LogP contribution in [0, 0.1) is 5.82 Å². The summed E-state index contributed by atoms with van der Waals surface area (Å²) in [5.74, 6) is -0.566. The maximum Gasteiger partial charge on any atom is 0.228 e. The fraction of sp³-hybridized carbons (Fsp3) is 0.286. The number of aromatic nitrogens is 4. The number of fused-ring (bicyclic) bond motifs is 2. The molecule has 3 aromatic heterocycles. The second-order valence-electron chi connectivity index (χ2n) is 7.59. The van der Waals surface area contributed by atoms with Crippen molar-refractivity contribution in [3.05, 3.63) is 60.1 Å². The van der Waals surface area contributed by atoms with Crippen molar-refractivity contribution in [1.82, 2.24) is 24.5 Å². The van der Waals surface area contributed by atoms with E-state index < -0.39 is 5.82 Å². The summed E-state index contributed by atoms with van der Waals surface area (Å²) in [5.41, 5.74) is 2.45.